The lowest BCUT2D eigenvalue weighted by Gasteiger charge is -2.47. The van der Waals surface area contributed by atoms with Crippen LogP contribution in [0.25, 0.3) is 0 Å². The standard InChI is InChI=1S/C14H14ClN3O2S/c15-9-6-18-13(20)11(14(18)21-7-9)17-12(19)10(16)8-4-2-1-3-5-8/h1-6,10-11,14H,7,16H2,(H,17,19)/t10?,11?,14-/m0/s1. The number of carbonyl (C=O) groups excluding carboxylic acids is 2. The van der Waals surface area contributed by atoms with Gasteiger partial charge in [-0.05, 0) is 5.56 Å². The van der Waals surface area contributed by atoms with Gasteiger partial charge in [-0.2, -0.15) is 0 Å². The van der Waals surface area contributed by atoms with Gasteiger partial charge in [0.25, 0.3) is 5.91 Å². The first-order valence-electron chi connectivity index (χ1n) is 6.49. The van der Waals surface area contributed by atoms with E-state index in [2.05, 4.69) is 5.32 Å². The first kappa shape index (κ1) is 14.4. The van der Waals surface area contributed by atoms with Crippen molar-refractivity contribution in [3.63, 3.8) is 0 Å². The zero-order valence-electron chi connectivity index (χ0n) is 11.0. The molecule has 0 radical (unpaired) electrons. The summed E-state index contributed by atoms with van der Waals surface area (Å²) in [4.78, 5) is 25.7. The Bertz CT molecular complexity index is 607. The molecule has 3 rings (SSSR count). The molecule has 7 heteroatoms. The average molecular weight is 324 g/mol. The number of nitrogens with two attached hydrogens (primary N) is 1. The van der Waals surface area contributed by atoms with E-state index < -0.39 is 12.1 Å². The molecule has 2 amide bonds. The Balaban J connectivity index is 1.65. The van der Waals surface area contributed by atoms with Crippen LogP contribution in [0, 0.1) is 0 Å². The van der Waals surface area contributed by atoms with E-state index in [4.69, 9.17) is 17.3 Å². The van der Waals surface area contributed by atoms with Crippen molar-refractivity contribution in [2.75, 3.05) is 5.75 Å². The zero-order chi connectivity index (χ0) is 15.0. The summed E-state index contributed by atoms with van der Waals surface area (Å²) < 4.78 is 0. The van der Waals surface area contributed by atoms with Crippen molar-refractivity contribution in [1.82, 2.24) is 10.2 Å². The minimum atomic E-state index is -0.777. The minimum Gasteiger partial charge on any atom is -0.340 e. The Kier molecular flexibility index (Phi) is 3.93. The van der Waals surface area contributed by atoms with E-state index in [-0.39, 0.29) is 17.2 Å². The van der Waals surface area contributed by atoms with E-state index in [1.54, 1.807) is 23.2 Å². The fourth-order valence-corrected chi connectivity index (χ4v) is 3.74. The van der Waals surface area contributed by atoms with E-state index in [1.807, 2.05) is 18.2 Å². The first-order valence-corrected chi connectivity index (χ1v) is 7.91. The number of hydrogen-bond donors (Lipinski definition) is 2. The third-order valence-corrected chi connectivity index (χ3v) is 5.20. The molecule has 1 saturated heterocycles. The number of nitrogens with zero attached hydrogens (tertiary/aromatic N) is 1. The topological polar surface area (TPSA) is 75.4 Å². The van der Waals surface area contributed by atoms with E-state index in [9.17, 15) is 9.59 Å². The largest absolute Gasteiger partial charge is 0.340 e. The van der Waals surface area contributed by atoms with Gasteiger partial charge in [-0.15, -0.1) is 11.8 Å². The lowest BCUT2D eigenvalue weighted by atomic mass is 10.0. The number of nitrogens with one attached hydrogen (secondary N) is 1. The van der Waals surface area contributed by atoms with Crippen molar-refractivity contribution in [3.8, 4) is 0 Å². The molecular weight excluding hydrogens is 310 g/mol. The average Bonchev–Trinajstić information content (AvgIpc) is 2.52. The summed E-state index contributed by atoms with van der Waals surface area (Å²) >= 11 is 7.43. The molecule has 5 nitrogen and oxygen atoms in total. The molecule has 0 bridgehead atoms. The maximum Gasteiger partial charge on any atom is 0.253 e. The lowest BCUT2D eigenvalue weighted by molar-refractivity contribution is -0.145. The highest BCUT2D eigenvalue weighted by Gasteiger charge is 2.49. The molecule has 1 aromatic carbocycles. The number of β-lactam (4-membered cyclic amide) rings is 1. The highest BCUT2D eigenvalue weighted by Crippen LogP contribution is 2.37. The SMILES string of the molecule is NC(C(=O)NC1C(=O)N2C=C(Cl)CS[C@@H]12)c1ccccc1. The van der Waals surface area contributed by atoms with Gasteiger partial charge in [-0.1, -0.05) is 41.9 Å². The molecular formula is C14H14ClN3O2S. The Labute approximate surface area is 131 Å². The third-order valence-electron chi connectivity index (χ3n) is 3.49. The van der Waals surface area contributed by atoms with Crippen molar-refractivity contribution in [2.45, 2.75) is 17.5 Å². The van der Waals surface area contributed by atoms with E-state index in [0.29, 0.717) is 10.8 Å². The number of halogens is 1. The molecule has 3 N–H and O–H groups in total. The smallest absolute Gasteiger partial charge is 0.253 e. The van der Waals surface area contributed by atoms with Crippen LogP contribution in [0.15, 0.2) is 41.6 Å². The Hall–Kier alpha value is -1.50. The molecule has 1 fully saturated rings. The zero-order valence-corrected chi connectivity index (χ0v) is 12.6. The van der Waals surface area contributed by atoms with Crippen molar-refractivity contribution >= 4 is 35.2 Å². The van der Waals surface area contributed by atoms with Gasteiger partial charge in [0, 0.05) is 17.0 Å². The van der Waals surface area contributed by atoms with Crippen molar-refractivity contribution < 1.29 is 9.59 Å². The Morgan fingerprint density at radius 2 is 2.14 bits per heavy atom. The number of hydrogen-bond acceptors (Lipinski definition) is 4. The number of carbonyl (C=O) groups is 2. The normalized spacial score (nSPS) is 25.5. The molecule has 3 atom stereocenters. The van der Waals surface area contributed by atoms with Crippen molar-refractivity contribution in [1.29, 1.82) is 0 Å². The van der Waals surface area contributed by atoms with Gasteiger partial charge in [-0.25, -0.2) is 0 Å². The van der Waals surface area contributed by atoms with E-state index >= 15 is 0 Å². The summed E-state index contributed by atoms with van der Waals surface area (Å²) in [5.74, 6) is 0.145. The van der Waals surface area contributed by atoms with Crippen LogP contribution >= 0.6 is 23.4 Å². The number of fused-ring (bicyclic) bond motifs is 1. The highest BCUT2D eigenvalue weighted by atomic mass is 35.5. The molecule has 2 heterocycles. The summed E-state index contributed by atoms with van der Waals surface area (Å²) in [5.41, 5.74) is 6.64. The second-order valence-electron chi connectivity index (χ2n) is 4.90. The quantitative estimate of drug-likeness (QED) is 0.819. The molecule has 21 heavy (non-hydrogen) atoms. The molecule has 0 saturated carbocycles. The Morgan fingerprint density at radius 1 is 1.43 bits per heavy atom. The molecule has 2 unspecified atom stereocenters. The highest BCUT2D eigenvalue weighted by molar-refractivity contribution is 8.00. The summed E-state index contributed by atoms with van der Waals surface area (Å²) in [5, 5.41) is 3.27. The van der Waals surface area contributed by atoms with Crippen LogP contribution in [0.5, 0.6) is 0 Å². The second-order valence-corrected chi connectivity index (χ2v) is 6.49. The molecule has 0 spiro atoms. The van der Waals surface area contributed by atoms with Crippen LogP contribution in [0.3, 0.4) is 0 Å². The maximum atomic E-state index is 12.2. The van der Waals surface area contributed by atoms with E-state index in [0.717, 1.165) is 5.56 Å². The fourth-order valence-electron chi connectivity index (χ4n) is 2.34. The van der Waals surface area contributed by atoms with Gasteiger partial charge in [0.2, 0.25) is 5.91 Å². The van der Waals surface area contributed by atoms with Crippen LogP contribution in [-0.2, 0) is 9.59 Å². The minimum absolute atomic E-state index is 0.0908. The van der Waals surface area contributed by atoms with Gasteiger partial charge in [0.15, 0.2) is 0 Å². The predicted octanol–water partition coefficient (Wildman–Crippen LogP) is 1.17. The summed E-state index contributed by atoms with van der Waals surface area (Å²) in [6.07, 6.45) is 1.63. The van der Waals surface area contributed by atoms with Crippen LogP contribution in [-0.4, -0.2) is 33.9 Å². The molecule has 110 valence electrons. The van der Waals surface area contributed by atoms with Crippen LogP contribution in [0.4, 0.5) is 0 Å². The first-order chi connectivity index (χ1) is 10.1. The molecule has 0 aliphatic carbocycles. The fraction of sp³-hybridized carbons (Fsp3) is 0.286. The van der Waals surface area contributed by atoms with Crippen LogP contribution in [0.2, 0.25) is 0 Å². The van der Waals surface area contributed by atoms with Gasteiger partial charge in [0.1, 0.15) is 17.5 Å². The number of benzene rings is 1. The second kappa shape index (κ2) is 5.71. The maximum absolute atomic E-state index is 12.2. The third kappa shape index (κ3) is 2.66. The van der Waals surface area contributed by atoms with Gasteiger partial charge >= 0.3 is 0 Å². The van der Waals surface area contributed by atoms with Crippen LogP contribution in [0.1, 0.15) is 11.6 Å². The molecule has 0 aromatic heterocycles. The number of rotatable bonds is 3. The predicted molar refractivity (Wildman–Crippen MR) is 82.3 cm³/mol. The molecule has 1 aromatic rings. The summed E-state index contributed by atoms with van der Waals surface area (Å²) in [7, 11) is 0. The van der Waals surface area contributed by atoms with Crippen molar-refractivity contribution in [3.05, 3.63) is 47.1 Å². The number of thioether (sulfide) groups is 1. The van der Waals surface area contributed by atoms with Gasteiger partial charge in [0.05, 0.1) is 0 Å². The lowest BCUT2D eigenvalue weighted by Crippen LogP contribution is -2.68. The molecule has 2 aliphatic heterocycles. The van der Waals surface area contributed by atoms with Crippen molar-refractivity contribution in [2.24, 2.45) is 5.73 Å². The van der Waals surface area contributed by atoms with Gasteiger partial charge < -0.3 is 16.0 Å². The van der Waals surface area contributed by atoms with Gasteiger partial charge in [-0.3, -0.25) is 9.59 Å². The Morgan fingerprint density at radius 3 is 2.86 bits per heavy atom. The van der Waals surface area contributed by atoms with Crippen LogP contribution < -0.4 is 11.1 Å². The monoisotopic (exact) mass is 323 g/mol. The number of amides is 2. The summed E-state index contributed by atoms with van der Waals surface area (Å²) in [6, 6.07) is 7.77. The summed E-state index contributed by atoms with van der Waals surface area (Å²) in [6.45, 7) is 0. The van der Waals surface area contributed by atoms with E-state index in [1.165, 1.54) is 11.8 Å². The molecule has 2 aliphatic rings.